The van der Waals surface area contributed by atoms with Crippen LogP contribution < -0.4 is 10.6 Å². The summed E-state index contributed by atoms with van der Waals surface area (Å²) < 4.78 is 9.42. The van der Waals surface area contributed by atoms with Gasteiger partial charge in [-0.1, -0.05) is 78.9 Å². The van der Waals surface area contributed by atoms with Gasteiger partial charge < -0.3 is 39.9 Å². The van der Waals surface area contributed by atoms with E-state index in [1.54, 1.807) is 22.2 Å². The fraction of sp³-hybridized carbons (Fsp3) is 0.273. The van der Waals surface area contributed by atoms with Crippen molar-refractivity contribution in [1.29, 1.82) is 0 Å². The molecule has 58 heavy (non-hydrogen) atoms. The molecule has 4 N–H and O–H groups in total. The molecule has 0 radical (unpaired) electrons. The first-order valence-electron chi connectivity index (χ1n) is 19.4. The number of rotatable bonds is 10. The molecule has 4 aromatic carbocycles. The number of aromatic amines is 2. The van der Waals surface area contributed by atoms with E-state index >= 15 is 0 Å². The Kier molecular flexibility index (Phi) is 10.9. The third kappa shape index (κ3) is 7.85. The van der Waals surface area contributed by atoms with Crippen molar-refractivity contribution in [3.63, 3.8) is 0 Å². The Balaban J connectivity index is 0.938. The van der Waals surface area contributed by atoms with Crippen molar-refractivity contribution in [2.45, 2.75) is 43.8 Å². The quantitative estimate of drug-likeness (QED) is 0.114. The Bertz CT molecular complexity index is 2450. The van der Waals surface area contributed by atoms with Crippen molar-refractivity contribution < 1.29 is 28.7 Å². The predicted octanol–water partition coefficient (Wildman–Crippen LogP) is 7.07. The Labute approximate surface area is 335 Å². The number of alkyl carbamates (subject to hydrolysis) is 2. The van der Waals surface area contributed by atoms with Gasteiger partial charge in [0, 0.05) is 18.7 Å². The predicted molar refractivity (Wildman–Crippen MR) is 217 cm³/mol. The number of carbonyl (C=O) groups excluding carboxylic acids is 4. The number of hydrogen-bond acceptors (Lipinski definition) is 8. The highest BCUT2D eigenvalue weighted by Gasteiger charge is 2.37. The van der Waals surface area contributed by atoms with Crippen LogP contribution >= 0.6 is 0 Å². The Morgan fingerprint density at radius 3 is 1.90 bits per heavy atom. The molecule has 2 saturated heterocycles. The second kappa shape index (κ2) is 16.6. The third-order valence-corrected chi connectivity index (χ3v) is 11.0. The molecule has 14 heteroatoms. The number of imidazole rings is 2. The summed E-state index contributed by atoms with van der Waals surface area (Å²) in [5.41, 5.74) is 6.52. The number of H-pyrrole nitrogens is 2. The molecule has 0 saturated carbocycles. The minimum Gasteiger partial charge on any atom is -0.453 e. The molecule has 2 aliphatic heterocycles. The Morgan fingerprint density at radius 1 is 0.690 bits per heavy atom. The van der Waals surface area contributed by atoms with Gasteiger partial charge in [0.05, 0.1) is 50.1 Å². The summed E-state index contributed by atoms with van der Waals surface area (Å²) in [4.78, 5) is 70.2. The number of benzene rings is 4. The summed E-state index contributed by atoms with van der Waals surface area (Å²) in [6.07, 6.45) is 5.52. The van der Waals surface area contributed by atoms with Gasteiger partial charge in [0.2, 0.25) is 5.91 Å². The molecule has 296 valence electrons. The van der Waals surface area contributed by atoms with E-state index in [2.05, 4.69) is 91.0 Å². The summed E-state index contributed by atoms with van der Waals surface area (Å²) in [7, 11) is 2.55. The molecule has 4 heterocycles. The lowest BCUT2D eigenvalue weighted by molar-refractivity contribution is -0.134. The molecule has 0 aliphatic carbocycles. The van der Waals surface area contributed by atoms with E-state index in [1.807, 2.05) is 30.3 Å². The first kappa shape index (κ1) is 37.9. The molecule has 2 aliphatic rings. The average molecular weight is 781 g/mol. The summed E-state index contributed by atoms with van der Waals surface area (Å²) in [6, 6.07) is 28.9. The smallest absolute Gasteiger partial charge is 0.407 e. The lowest BCUT2D eigenvalue weighted by atomic mass is 9.98. The molecule has 6 aromatic rings. The fourth-order valence-corrected chi connectivity index (χ4v) is 8.00. The first-order chi connectivity index (χ1) is 28.3. The maximum atomic E-state index is 13.9. The van der Waals surface area contributed by atoms with Crippen LogP contribution in [-0.4, -0.2) is 87.6 Å². The number of carbonyl (C=O) groups is 4. The normalized spacial score (nSPS) is 16.9. The number of hydrogen-bond donors (Lipinski definition) is 4. The minimum atomic E-state index is -0.878. The number of nitrogens with zero attached hydrogens (tertiary/aromatic N) is 4. The van der Waals surface area contributed by atoms with Gasteiger partial charge in [0.15, 0.2) is 0 Å². The van der Waals surface area contributed by atoms with Crippen molar-refractivity contribution in [2.75, 3.05) is 33.9 Å². The summed E-state index contributed by atoms with van der Waals surface area (Å²) in [5, 5.41) is 7.37. The number of amides is 4. The number of aromatic nitrogens is 4. The van der Waals surface area contributed by atoms with Crippen molar-refractivity contribution in [3.05, 3.63) is 121 Å². The number of fused-ring (bicyclic) bond motifs is 1. The van der Waals surface area contributed by atoms with Gasteiger partial charge in [-0.25, -0.2) is 19.6 Å². The van der Waals surface area contributed by atoms with Gasteiger partial charge in [0.1, 0.15) is 24.2 Å². The third-order valence-electron chi connectivity index (χ3n) is 11.0. The highest BCUT2D eigenvalue weighted by atomic mass is 16.5. The Morgan fingerprint density at radius 2 is 1.24 bits per heavy atom. The zero-order valence-electron chi connectivity index (χ0n) is 32.2. The van der Waals surface area contributed by atoms with Crippen LogP contribution in [0, 0.1) is 0 Å². The van der Waals surface area contributed by atoms with Crippen LogP contribution in [-0.2, 0) is 19.1 Å². The SMILES string of the molecule is COC(=O)NCC(=O)N1CCCC1c1ncc(-c2ccc3cc(-c4ccc(-c5cnc(C6CCCN6C(=O)C(NC(=O)OC)c6ccccc6)[nH]5)cc4)ccc3c2)[nH]1. The van der Waals surface area contributed by atoms with Gasteiger partial charge >= 0.3 is 12.2 Å². The lowest BCUT2D eigenvalue weighted by Crippen LogP contribution is -2.42. The van der Waals surface area contributed by atoms with Crippen molar-refractivity contribution in [2.24, 2.45) is 0 Å². The van der Waals surface area contributed by atoms with Crippen LogP contribution in [0.4, 0.5) is 9.59 Å². The molecular formula is C44H44N8O6. The zero-order chi connectivity index (χ0) is 40.2. The first-order valence-corrected chi connectivity index (χ1v) is 19.4. The fourth-order valence-electron chi connectivity index (χ4n) is 8.00. The highest BCUT2D eigenvalue weighted by molar-refractivity contribution is 5.91. The summed E-state index contributed by atoms with van der Waals surface area (Å²) in [5.74, 6) is 1.04. The number of nitrogens with one attached hydrogen (secondary N) is 4. The number of ether oxygens (including phenoxy) is 2. The van der Waals surface area contributed by atoms with Gasteiger partial charge in [-0.3, -0.25) is 9.59 Å². The van der Waals surface area contributed by atoms with Crippen LogP contribution in [0.5, 0.6) is 0 Å². The maximum absolute atomic E-state index is 13.9. The largest absolute Gasteiger partial charge is 0.453 e. The van der Waals surface area contributed by atoms with Gasteiger partial charge in [0.25, 0.3) is 5.91 Å². The molecule has 3 unspecified atom stereocenters. The van der Waals surface area contributed by atoms with E-state index in [0.29, 0.717) is 24.5 Å². The number of likely N-dealkylation sites (tertiary alicyclic amines) is 2. The van der Waals surface area contributed by atoms with E-state index in [1.165, 1.54) is 14.2 Å². The van der Waals surface area contributed by atoms with Crippen molar-refractivity contribution in [3.8, 4) is 33.6 Å². The molecule has 8 rings (SSSR count). The second-order valence-corrected chi connectivity index (χ2v) is 14.5. The van der Waals surface area contributed by atoms with Crippen molar-refractivity contribution >= 4 is 34.8 Å². The molecule has 3 atom stereocenters. The van der Waals surface area contributed by atoms with Crippen LogP contribution in [0.25, 0.3) is 44.4 Å². The topological polar surface area (TPSA) is 175 Å². The second-order valence-electron chi connectivity index (χ2n) is 14.5. The summed E-state index contributed by atoms with van der Waals surface area (Å²) >= 11 is 0. The van der Waals surface area contributed by atoms with E-state index < -0.39 is 18.2 Å². The monoisotopic (exact) mass is 780 g/mol. The average Bonchev–Trinajstić information content (AvgIpc) is 4.11. The van der Waals surface area contributed by atoms with E-state index in [9.17, 15) is 19.2 Å². The Hall–Kier alpha value is -6.96. The molecule has 4 amide bonds. The van der Waals surface area contributed by atoms with Gasteiger partial charge in [-0.2, -0.15) is 0 Å². The molecule has 2 aromatic heterocycles. The molecule has 0 bridgehead atoms. The van der Waals surface area contributed by atoms with E-state index in [0.717, 1.165) is 75.9 Å². The number of methoxy groups -OCH3 is 2. The minimum absolute atomic E-state index is 0.125. The molecule has 2 fully saturated rings. The van der Waals surface area contributed by atoms with Gasteiger partial charge in [-0.05, 0) is 70.8 Å². The van der Waals surface area contributed by atoms with Crippen LogP contribution in [0.15, 0.2) is 103 Å². The highest BCUT2D eigenvalue weighted by Crippen LogP contribution is 2.36. The van der Waals surface area contributed by atoms with Crippen LogP contribution in [0.2, 0.25) is 0 Å². The molecule has 14 nitrogen and oxygen atoms in total. The summed E-state index contributed by atoms with van der Waals surface area (Å²) in [6.45, 7) is 1.03. The zero-order valence-corrected chi connectivity index (χ0v) is 32.2. The van der Waals surface area contributed by atoms with E-state index in [4.69, 9.17) is 9.72 Å². The van der Waals surface area contributed by atoms with Crippen molar-refractivity contribution in [1.82, 2.24) is 40.4 Å². The lowest BCUT2D eigenvalue weighted by Gasteiger charge is -2.28. The standard InChI is InChI=1S/C44H44N8O6/c1-57-43(55)47-26-38(53)51-20-6-10-36(51)40-46-25-35(49-40)33-19-18-31-22-30(16-17-32(31)23-33)27-12-14-28(15-13-27)34-24-45-41(48-34)37-11-7-21-52(37)42(54)39(50-44(56)58-2)29-8-4-3-5-9-29/h3-5,8-9,12-19,22-25,36-37,39H,6-7,10-11,20-21,26H2,1-2H3,(H,45,48)(H,46,49)(H,47,55)(H,50,56). The maximum Gasteiger partial charge on any atom is 0.407 e. The van der Waals surface area contributed by atoms with E-state index in [-0.39, 0.29) is 30.4 Å². The van der Waals surface area contributed by atoms with Crippen LogP contribution in [0.3, 0.4) is 0 Å². The molecular weight excluding hydrogens is 737 g/mol. The van der Waals surface area contributed by atoms with Gasteiger partial charge in [-0.15, -0.1) is 0 Å². The van der Waals surface area contributed by atoms with Crippen LogP contribution in [0.1, 0.15) is 61.0 Å². The molecule has 0 spiro atoms.